The maximum absolute atomic E-state index is 12.0. The predicted octanol–water partition coefficient (Wildman–Crippen LogP) is 1.77. The Labute approximate surface area is 194 Å². The Morgan fingerprint density at radius 1 is 1.31 bits per heavy atom. The quantitative estimate of drug-likeness (QED) is 0.492. The van der Waals surface area contributed by atoms with E-state index >= 15 is 0 Å². The van der Waals surface area contributed by atoms with Crippen LogP contribution in [0.15, 0.2) is 12.1 Å². The second-order valence-electron chi connectivity index (χ2n) is 7.02. The van der Waals surface area contributed by atoms with Crippen molar-refractivity contribution in [2.24, 2.45) is 0 Å². The van der Waals surface area contributed by atoms with Gasteiger partial charge in [0, 0.05) is 44.8 Å². The smallest absolute Gasteiger partial charge is 0.249 e. The molecule has 180 valence electrons. The number of aliphatic hydroxyl groups is 1. The van der Waals surface area contributed by atoms with E-state index in [9.17, 15) is 4.79 Å². The van der Waals surface area contributed by atoms with Crippen LogP contribution in [0.3, 0.4) is 0 Å². The zero-order valence-electron chi connectivity index (χ0n) is 19.1. The molecule has 0 saturated carbocycles. The number of amides is 1. The van der Waals surface area contributed by atoms with E-state index in [1.807, 2.05) is 11.9 Å². The third-order valence-electron chi connectivity index (χ3n) is 4.75. The van der Waals surface area contributed by atoms with Crippen molar-refractivity contribution in [3.05, 3.63) is 12.1 Å². The number of rotatable bonds is 8. The van der Waals surface area contributed by atoms with Crippen molar-refractivity contribution in [2.45, 2.75) is 32.3 Å². The van der Waals surface area contributed by atoms with Crippen LogP contribution in [-0.2, 0) is 9.53 Å². The van der Waals surface area contributed by atoms with Gasteiger partial charge in [0.2, 0.25) is 11.9 Å². The van der Waals surface area contributed by atoms with Gasteiger partial charge in [-0.1, -0.05) is 0 Å². The van der Waals surface area contributed by atoms with Gasteiger partial charge in [0.05, 0.1) is 19.7 Å². The Hall–Kier alpha value is -2.56. The highest BCUT2D eigenvalue weighted by atomic mass is 35.5. The van der Waals surface area contributed by atoms with Crippen molar-refractivity contribution >= 4 is 41.0 Å². The van der Waals surface area contributed by atoms with E-state index in [2.05, 4.69) is 15.3 Å². The van der Waals surface area contributed by atoms with Crippen LogP contribution in [0.25, 0.3) is 10.9 Å². The number of methoxy groups -OCH3 is 2. The van der Waals surface area contributed by atoms with Crippen molar-refractivity contribution in [1.82, 2.24) is 15.3 Å². The largest absolute Gasteiger partial charge is 0.493 e. The lowest BCUT2D eigenvalue weighted by Gasteiger charge is -2.19. The summed E-state index contributed by atoms with van der Waals surface area (Å²) in [6.07, 6.45) is 2.19. The monoisotopic (exact) mass is 471 g/mol. The van der Waals surface area contributed by atoms with Crippen molar-refractivity contribution in [3.63, 3.8) is 0 Å². The van der Waals surface area contributed by atoms with Gasteiger partial charge in [-0.2, -0.15) is 4.98 Å². The normalized spacial score (nSPS) is 14.7. The number of nitrogens with two attached hydrogens (primary N) is 1. The fraction of sp³-hybridized carbons (Fsp3) is 0.571. The lowest BCUT2D eigenvalue weighted by Crippen LogP contribution is -2.36. The average molecular weight is 472 g/mol. The van der Waals surface area contributed by atoms with E-state index in [-0.39, 0.29) is 31.0 Å². The molecule has 1 amide bonds. The molecule has 1 aliphatic rings. The standard InChI is InChI=1S/C19H27N5O4.C2H6O.ClH/c1-24(8-5-7-21-18(25)14-6-4-9-28-14)19-22-13-11-16(27-3)15(26-2)10-12(13)17(20)23-19;1-2-3;/h10-11,14H,4-9H2,1-3H3,(H,21,25)(H2,20,22,23);3H,2H2,1H3;1H. The first-order valence-corrected chi connectivity index (χ1v) is 10.4. The zero-order chi connectivity index (χ0) is 22.8. The zero-order valence-corrected chi connectivity index (χ0v) is 19.9. The van der Waals surface area contributed by atoms with Crippen molar-refractivity contribution < 1.29 is 24.1 Å². The maximum atomic E-state index is 12.0. The van der Waals surface area contributed by atoms with Crippen LogP contribution in [-0.4, -0.2) is 74.7 Å². The lowest BCUT2D eigenvalue weighted by atomic mass is 10.2. The molecule has 32 heavy (non-hydrogen) atoms. The van der Waals surface area contributed by atoms with Crippen LogP contribution < -0.4 is 25.4 Å². The molecule has 1 atom stereocenters. The number of benzene rings is 1. The number of nitrogen functional groups attached to an aromatic ring is 1. The highest BCUT2D eigenvalue weighted by molar-refractivity contribution is 5.91. The van der Waals surface area contributed by atoms with E-state index in [1.54, 1.807) is 33.3 Å². The Morgan fingerprint density at radius 2 is 1.97 bits per heavy atom. The first kappa shape index (κ1) is 27.5. The minimum absolute atomic E-state index is 0. The van der Waals surface area contributed by atoms with Crippen LogP contribution >= 0.6 is 12.4 Å². The number of ether oxygens (including phenoxy) is 3. The number of hydrogen-bond donors (Lipinski definition) is 3. The van der Waals surface area contributed by atoms with Crippen LogP contribution in [0, 0.1) is 0 Å². The molecule has 1 aromatic carbocycles. The van der Waals surface area contributed by atoms with Crippen LogP contribution in [0.2, 0.25) is 0 Å². The van der Waals surface area contributed by atoms with E-state index in [0.29, 0.717) is 53.9 Å². The Bertz CT molecular complexity index is 864. The third kappa shape index (κ3) is 7.25. The average Bonchev–Trinajstić information content (AvgIpc) is 3.31. The molecular weight excluding hydrogens is 438 g/mol. The maximum Gasteiger partial charge on any atom is 0.249 e. The van der Waals surface area contributed by atoms with Crippen LogP contribution in [0.1, 0.15) is 26.2 Å². The molecule has 0 radical (unpaired) electrons. The molecule has 0 spiro atoms. The summed E-state index contributed by atoms with van der Waals surface area (Å²) in [4.78, 5) is 22.8. The molecule has 2 aromatic rings. The minimum atomic E-state index is -0.298. The number of nitrogens with zero attached hydrogens (tertiary/aromatic N) is 3. The van der Waals surface area contributed by atoms with Crippen LogP contribution in [0.4, 0.5) is 11.8 Å². The molecule has 1 saturated heterocycles. The molecule has 1 fully saturated rings. The van der Waals surface area contributed by atoms with E-state index in [0.717, 1.165) is 19.3 Å². The van der Waals surface area contributed by atoms with Gasteiger partial charge in [-0.3, -0.25) is 4.79 Å². The summed E-state index contributed by atoms with van der Waals surface area (Å²) < 4.78 is 16.0. The van der Waals surface area contributed by atoms with Gasteiger partial charge in [-0.15, -0.1) is 12.4 Å². The topological polar surface area (TPSA) is 132 Å². The van der Waals surface area contributed by atoms with Gasteiger partial charge in [-0.25, -0.2) is 4.98 Å². The van der Waals surface area contributed by atoms with E-state index in [1.165, 1.54) is 0 Å². The summed E-state index contributed by atoms with van der Waals surface area (Å²) in [7, 11) is 5.04. The molecule has 4 N–H and O–H groups in total. The number of nitrogens with one attached hydrogen (secondary N) is 1. The van der Waals surface area contributed by atoms with E-state index < -0.39 is 0 Å². The molecule has 10 nitrogen and oxygen atoms in total. The highest BCUT2D eigenvalue weighted by Gasteiger charge is 2.22. The van der Waals surface area contributed by atoms with Crippen molar-refractivity contribution in [2.75, 3.05) is 58.2 Å². The first-order valence-electron chi connectivity index (χ1n) is 10.4. The second kappa shape index (κ2) is 13.8. The predicted molar refractivity (Wildman–Crippen MR) is 127 cm³/mol. The molecule has 3 rings (SSSR count). The molecule has 2 heterocycles. The number of fused-ring (bicyclic) bond motifs is 1. The number of carbonyl (C=O) groups is 1. The van der Waals surface area contributed by atoms with Gasteiger partial charge in [0.15, 0.2) is 11.5 Å². The molecule has 1 aliphatic heterocycles. The summed E-state index contributed by atoms with van der Waals surface area (Å²) in [6, 6.07) is 3.55. The molecule has 11 heteroatoms. The number of anilines is 2. The number of carbonyl (C=O) groups excluding carboxylic acids is 1. The fourth-order valence-corrected chi connectivity index (χ4v) is 3.16. The third-order valence-corrected chi connectivity index (χ3v) is 4.75. The van der Waals surface area contributed by atoms with Crippen molar-refractivity contribution in [3.8, 4) is 11.5 Å². The number of halogens is 1. The summed E-state index contributed by atoms with van der Waals surface area (Å²) in [5, 5.41) is 11.2. The van der Waals surface area contributed by atoms with Gasteiger partial charge in [0.1, 0.15) is 11.9 Å². The van der Waals surface area contributed by atoms with Gasteiger partial charge in [0.25, 0.3) is 0 Å². The molecule has 1 unspecified atom stereocenters. The summed E-state index contributed by atoms with van der Waals surface area (Å²) in [5.41, 5.74) is 6.81. The highest BCUT2D eigenvalue weighted by Crippen LogP contribution is 2.33. The van der Waals surface area contributed by atoms with Crippen molar-refractivity contribution in [1.29, 1.82) is 0 Å². The molecular formula is C21H34ClN5O5. The lowest BCUT2D eigenvalue weighted by molar-refractivity contribution is -0.130. The Kier molecular flexibility index (Phi) is 11.8. The summed E-state index contributed by atoms with van der Waals surface area (Å²) in [6.45, 7) is 3.83. The van der Waals surface area contributed by atoms with Crippen LogP contribution in [0.5, 0.6) is 11.5 Å². The van der Waals surface area contributed by atoms with Gasteiger partial charge < -0.3 is 35.3 Å². The summed E-state index contributed by atoms with van der Waals surface area (Å²) in [5.74, 6) is 2.02. The van der Waals surface area contributed by atoms with Gasteiger partial charge >= 0.3 is 0 Å². The minimum Gasteiger partial charge on any atom is -0.493 e. The first-order chi connectivity index (χ1) is 14.9. The number of aromatic nitrogens is 2. The molecule has 1 aromatic heterocycles. The summed E-state index contributed by atoms with van der Waals surface area (Å²) >= 11 is 0. The second-order valence-corrected chi connectivity index (χ2v) is 7.02. The van der Waals surface area contributed by atoms with E-state index in [4.69, 9.17) is 25.1 Å². The number of hydrogen-bond acceptors (Lipinski definition) is 9. The molecule has 0 bridgehead atoms. The SMILES string of the molecule is CCO.COc1cc2nc(N(C)CCCNC(=O)C3CCCO3)nc(N)c2cc1OC.Cl. The Morgan fingerprint density at radius 3 is 2.56 bits per heavy atom. The Balaban J connectivity index is 0.00000121. The number of aliphatic hydroxyl groups excluding tert-OH is 1. The fourth-order valence-electron chi connectivity index (χ4n) is 3.16. The molecule has 0 aliphatic carbocycles. The van der Waals surface area contributed by atoms with Gasteiger partial charge in [-0.05, 0) is 32.3 Å².